The molecule has 26 heavy (non-hydrogen) atoms. The standard InChI is InChI=1S/C16H16N2O6S2/c19-7-11-1-3-12(4-2-11)23-9-15(22)24-8-13(20)17-5-6-18-14(21)10-26-16(18)25/h1-4,7H,5-6,8-10H2,(H,17,20). The van der Waals surface area contributed by atoms with E-state index in [2.05, 4.69) is 5.32 Å². The van der Waals surface area contributed by atoms with Crippen LogP contribution in [0.5, 0.6) is 5.75 Å². The van der Waals surface area contributed by atoms with Gasteiger partial charge in [0.25, 0.3) is 5.91 Å². The van der Waals surface area contributed by atoms with Gasteiger partial charge in [0.1, 0.15) is 16.4 Å². The lowest BCUT2D eigenvalue weighted by Gasteiger charge is -2.15. The highest BCUT2D eigenvalue weighted by Gasteiger charge is 2.25. The van der Waals surface area contributed by atoms with Crippen LogP contribution in [0.1, 0.15) is 10.4 Å². The van der Waals surface area contributed by atoms with Crippen LogP contribution in [0, 0.1) is 0 Å². The van der Waals surface area contributed by atoms with Crippen molar-refractivity contribution in [1.82, 2.24) is 10.2 Å². The van der Waals surface area contributed by atoms with E-state index in [1.54, 1.807) is 24.3 Å². The van der Waals surface area contributed by atoms with Crippen LogP contribution in [0.4, 0.5) is 0 Å². The number of carbonyl (C=O) groups excluding carboxylic acids is 4. The minimum atomic E-state index is -0.702. The number of hydrogen-bond donors (Lipinski definition) is 1. The second-order valence-electron chi connectivity index (χ2n) is 5.09. The van der Waals surface area contributed by atoms with Crippen LogP contribution in [-0.2, 0) is 19.1 Å². The Morgan fingerprint density at radius 1 is 1.27 bits per heavy atom. The van der Waals surface area contributed by atoms with Crippen molar-refractivity contribution in [1.29, 1.82) is 0 Å². The first-order valence-corrected chi connectivity index (χ1v) is 8.96. The van der Waals surface area contributed by atoms with Gasteiger partial charge in [0.05, 0.1) is 5.75 Å². The monoisotopic (exact) mass is 396 g/mol. The van der Waals surface area contributed by atoms with Gasteiger partial charge in [0.15, 0.2) is 13.2 Å². The molecule has 2 amide bonds. The quantitative estimate of drug-likeness (QED) is 0.364. The SMILES string of the molecule is O=Cc1ccc(OCC(=O)OCC(=O)NCCN2C(=O)CSC2=S)cc1. The van der Waals surface area contributed by atoms with Gasteiger partial charge in [0, 0.05) is 18.7 Å². The summed E-state index contributed by atoms with van der Waals surface area (Å²) < 4.78 is 10.5. The predicted octanol–water partition coefficient (Wildman–Crippen LogP) is 0.398. The maximum atomic E-state index is 11.6. The van der Waals surface area contributed by atoms with Gasteiger partial charge >= 0.3 is 5.97 Å². The molecule has 0 spiro atoms. The number of benzene rings is 1. The Hall–Kier alpha value is -2.46. The lowest BCUT2D eigenvalue weighted by molar-refractivity contribution is -0.150. The Morgan fingerprint density at radius 3 is 2.62 bits per heavy atom. The third-order valence-corrected chi connectivity index (χ3v) is 4.67. The van der Waals surface area contributed by atoms with Crippen LogP contribution in [0.25, 0.3) is 0 Å². The summed E-state index contributed by atoms with van der Waals surface area (Å²) in [6, 6.07) is 6.20. The molecule has 1 saturated heterocycles. The summed E-state index contributed by atoms with van der Waals surface area (Å²) in [6.07, 6.45) is 0.697. The molecule has 2 rings (SSSR count). The fourth-order valence-electron chi connectivity index (χ4n) is 1.93. The summed E-state index contributed by atoms with van der Waals surface area (Å²) in [5.74, 6) is -0.548. The average Bonchev–Trinajstić information content (AvgIpc) is 2.97. The zero-order valence-electron chi connectivity index (χ0n) is 13.6. The number of rotatable bonds is 9. The van der Waals surface area contributed by atoms with E-state index < -0.39 is 18.5 Å². The molecule has 0 saturated carbocycles. The molecule has 0 radical (unpaired) electrons. The summed E-state index contributed by atoms with van der Waals surface area (Å²) in [4.78, 5) is 46.6. The maximum absolute atomic E-state index is 11.6. The third-order valence-electron chi connectivity index (χ3n) is 3.24. The molecule has 1 aromatic carbocycles. The van der Waals surface area contributed by atoms with Crippen molar-refractivity contribution in [3.05, 3.63) is 29.8 Å². The lowest BCUT2D eigenvalue weighted by Crippen LogP contribution is -2.38. The summed E-state index contributed by atoms with van der Waals surface area (Å²) in [7, 11) is 0. The molecular formula is C16H16N2O6S2. The van der Waals surface area contributed by atoms with Gasteiger partial charge in [-0.05, 0) is 24.3 Å². The number of ether oxygens (including phenoxy) is 2. The first kappa shape index (κ1) is 19.9. The zero-order valence-corrected chi connectivity index (χ0v) is 15.3. The molecular weight excluding hydrogens is 380 g/mol. The van der Waals surface area contributed by atoms with E-state index in [-0.39, 0.29) is 25.6 Å². The number of aldehydes is 1. The lowest BCUT2D eigenvalue weighted by atomic mass is 10.2. The molecule has 1 aliphatic rings. The highest BCUT2D eigenvalue weighted by atomic mass is 32.2. The van der Waals surface area contributed by atoms with Crippen molar-refractivity contribution >= 4 is 52.4 Å². The number of nitrogens with zero attached hydrogens (tertiary/aromatic N) is 1. The van der Waals surface area contributed by atoms with Crippen molar-refractivity contribution in [2.45, 2.75) is 0 Å². The Kier molecular flexibility index (Phi) is 7.54. The van der Waals surface area contributed by atoms with Crippen LogP contribution in [0.15, 0.2) is 24.3 Å². The Bertz CT molecular complexity index is 691. The number of thioether (sulfide) groups is 1. The average molecular weight is 396 g/mol. The normalized spacial score (nSPS) is 13.5. The van der Waals surface area contributed by atoms with Crippen LogP contribution in [0.2, 0.25) is 0 Å². The van der Waals surface area contributed by atoms with Crippen molar-refractivity contribution in [2.24, 2.45) is 0 Å². The van der Waals surface area contributed by atoms with Gasteiger partial charge in [-0.1, -0.05) is 24.0 Å². The van der Waals surface area contributed by atoms with Gasteiger partial charge in [-0.2, -0.15) is 0 Å². The van der Waals surface area contributed by atoms with E-state index in [9.17, 15) is 19.2 Å². The molecule has 0 atom stereocenters. The minimum Gasteiger partial charge on any atom is -0.482 e. The number of hydrogen-bond acceptors (Lipinski definition) is 8. The molecule has 0 bridgehead atoms. The summed E-state index contributed by atoms with van der Waals surface area (Å²) in [5, 5.41) is 2.54. The molecule has 1 N–H and O–H groups in total. The Morgan fingerprint density at radius 2 is 2.00 bits per heavy atom. The molecule has 138 valence electrons. The highest BCUT2D eigenvalue weighted by molar-refractivity contribution is 8.23. The molecule has 1 heterocycles. The topological polar surface area (TPSA) is 102 Å². The molecule has 0 unspecified atom stereocenters. The highest BCUT2D eigenvalue weighted by Crippen LogP contribution is 2.18. The largest absolute Gasteiger partial charge is 0.482 e. The van der Waals surface area contributed by atoms with Gasteiger partial charge in [-0.3, -0.25) is 19.3 Å². The van der Waals surface area contributed by atoms with Crippen molar-refractivity contribution in [3.63, 3.8) is 0 Å². The van der Waals surface area contributed by atoms with Gasteiger partial charge in [-0.15, -0.1) is 0 Å². The predicted molar refractivity (Wildman–Crippen MR) is 98.1 cm³/mol. The van der Waals surface area contributed by atoms with E-state index in [1.807, 2.05) is 0 Å². The molecule has 0 aromatic heterocycles. The summed E-state index contributed by atoms with van der Waals surface area (Å²) >= 11 is 6.31. The number of nitrogens with one attached hydrogen (secondary N) is 1. The van der Waals surface area contributed by atoms with Crippen LogP contribution in [-0.4, -0.2) is 65.3 Å². The zero-order chi connectivity index (χ0) is 18.9. The van der Waals surface area contributed by atoms with Gasteiger partial charge < -0.3 is 14.8 Å². The van der Waals surface area contributed by atoms with Crippen molar-refractivity contribution in [2.75, 3.05) is 32.1 Å². The fourth-order valence-corrected chi connectivity index (χ4v) is 3.05. The summed E-state index contributed by atoms with van der Waals surface area (Å²) in [5.41, 5.74) is 0.492. The van der Waals surface area contributed by atoms with Gasteiger partial charge in [-0.25, -0.2) is 4.79 Å². The molecule has 10 heteroatoms. The van der Waals surface area contributed by atoms with Crippen LogP contribution >= 0.6 is 24.0 Å². The number of amides is 2. The molecule has 0 aliphatic carbocycles. The number of esters is 1. The van der Waals surface area contributed by atoms with E-state index >= 15 is 0 Å². The van der Waals surface area contributed by atoms with E-state index in [1.165, 1.54) is 16.7 Å². The van der Waals surface area contributed by atoms with Crippen LogP contribution < -0.4 is 10.1 Å². The number of carbonyl (C=O) groups is 4. The molecule has 1 fully saturated rings. The van der Waals surface area contributed by atoms with Gasteiger partial charge in [0.2, 0.25) is 5.91 Å². The van der Waals surface area contributed by atoms with Crippen molar-refractivity contribution < 1.29 is 28.7 Å². The molecule has 8 nitrogen and oxygen atoms in total. The summed E-state index contributed by atoms with van der Waals surface area (Å²) in [6.45, 7) is -0.312. The maximum Gasteiger partial charge on any atom is 0.344 e. The van der Waals surface area contributed by atoms with Crippen LogP contribution in [0.3, 0.4) is 0 Å². The first-order valence-electron chi connectivity index (χ1n) is 7.57. The smallest absolute Gasteiger partial charge is 0.344 e. The Labute approximate surface area is 159 Å². The van der Waals surface area contributed by atoms with E-state index in [4.69, 9.17) is 21.7 Å². The number of thiocarbonyl (C=S) groups is 1. The minimum absolute atomic E-state index is 0.0843. The Balaban J connectivity index is 1.60. The van der Waals surface area contributed by atoms with E-state index in [0.29, 0.717) is 27.7 Å². The molecule has 1 aliphatic heterocycles. The third kappa shape index (κ3) is 6.12. The van der Waals surface area contributed by atoms with Crippen molar-refractivity contribution in [3.8, 4) is 5.75 Å². The van der Waals surface area contributed by atoms with E-state index in [0.717, 1.165) is 0 Å². The fraction of sp³-hybridized carbons (Fsp3) is 0.312. The molecule has 1 aromatic rings. The first-order chi connectivity index (χ1) is 12.5. The second kappa shape index (κ2) is 9.88. The second-order valence-corrected chi connectivity index (χ2v) is 6.70.